The number of benzene rings is 1. The topological polar surface area (TPSA) is 26.0 Å². The van der Waals surface area contributed by atoms with Crippen LogP contribution in [0.25, 0.3) is 6.08 Å². The summed E-state index contributed by atoms with van der Waals surface area (Å²) in [6.45, 7) is 4.35. The molecule has 1 aromatic rings. The van der Waals surface area contributed by atoms with Crippen LogP contribution in [0.1, 0.15) is 25.8 Å². The van der Waals surface area contributed by atoms with E-state index in [0.29, 0.717) is 5.92 Å². The molecule has 0 unspecified atom stereocenters. The molecular formula is C13H18ClN. The van der Waals surface area contributed by atoms with Gasteiger partial charge in [-0.25, -0.2) is 0 Å². The molecule has 1 aromatic carbocycles. The van der Waals surface area contributed by atoms with E-state index < -0.39 is 0 Å². The SMILES string of the molecule is CC(C)C[C@H](N)C=Cc1ccc(Cl)cc1. The van der Waals surface area contributed by atoms with Gasteiger partial charge in [0.25, 0.3) is 0 Å². The molecule has 0 bridgehead atoms. The zero-order valence-corrected chi connectivity index (χ0v) is 10.0. The molecule has 2 heteroatoms. The average Bonchev–Trinajstić information content (AvgIpc) is 2.16. The van der Waals surface area contributed by atoms with Crippen molar-refractivity contribution >= 4 is 17.7 Å². The van der Waals surface area contributed by atoms with Crippen LogP contribution in [0, 0.1) is 5.92 Å². The van der Waals surface area contributed by atoms with Crippen LogP contribution in [-0.4, -0.2) is 6.04 Å². The van der Waals surface area contributed by atoms with Crippen molar-refractivity contribution in [2.45, 2.75) is 26.3 Å². The van der Waals surface area contributed by atoms with Gasteiger partial charge in [0.1, 0.15) is 0 Å². The molecule has 0 saturated heterocycles. The fourth-order valence-electron chi connectivity index (χ4n) is 1.43. The minimum absolute atomic E-state index is 0.140. The molecule has 1 nitrogen and oxygen atoms in total. The van der Waals surface area contributed by atoms with Gasteiger partial charge in [-0.05, 0) is 30.0 Å². The first-order valence-electron chi connectivity index (χ1n) is 5.27. The molecule has 0 spiro atoms. The third-order valence-electron chi connectivity index (χ3n) is 2.15. The van der Waals surface area contributed by atoms with E-state index in [9.17, 15) is 0 Å². The Hall–Kier alpha value is -0.790. The first-order valence-corrected chi connectivity index (χ1v) is 5.65. The molecular weight excluding hydrogens is 206 g/mol. The van der Waals surface area contributed by atoms with Gasteiger partial charge in [-0.1, -0.05) is 49.7 Å². The van der Waals surface area contributed by atoms with Gasteiger partial charge in [-0.2, -0.15) is 0 Å². The largest absolute Gasteiger partial charge is 0.324 e. The predicted octanol–water partition coefficient (Wildman–Crippen LogP) is 3.73. The second-order valence-electron chi connectivity index (χ2n) is 4.20. The van der Waals surface area contributed by atoms with E-state index in [0.717, 1.165) is 17.0 Å². The lowest BCUT2D eigenvalue weighted by Crippen LogP contribution is -2.18. The molecule has 0 heterocycles. The van der Waals surface area contributed by atoms with Crippen LogP contribution in [0.4, 0.5) is 0 Å². The zero-order valence-electron chi connectivity index (χ0n) is 9.28. The molecule has 15 heavy (non-hydrogen) atoms. The maximum Gasteiger partial charge on any atom is 0.0406 e. The van der Waals surface area contributed by atoms with Gasteiger partial charge in [-0.3, -0.25) is 0 Å². The molecule has 0 amide bonds. The van der Waals surface area contributed by atoms with Crippen molar-refractivity contribution < 1.29 is 0 Å². The number of hydrogen-bond donors (Lipinski definition) is 1. The summed E-state index contributed by atoms with van der Waals surface area (Å²) < 4.78 is 0. The Morgan fingerprint density at radius 2 is 1.87 bits per heavy atom. The molecule has 0 aliphatic rings. The number of nitrogens with two attached hydrogens (primary N) is 1. The normalized spacial score (nSPS) is 13.7. The second-order valence-corrected chi connectivity index (χ2v) is 4.64. The Bertz CT molecular complexity index is 314. The van der Waals surface area contributed by atoms with Crippen molar-refractivity contribution in [2.75, 3.05) is 0 Å². The fraction of sp³-hybridized carbons (Fsp3) is 0.385. The highest BCUT2D eigenvalue weighted by atomic mass is 35.5. The summed E-state index contributed by atoms with van der Waals surface area (Å²) in [5.74, 6) is 0.634. The van der Waals surface area contributed by atoms with Crippen LogP contribution in [0.3, 0.4) is 0 Å². The minimum Gasteiger partial charge on any atom is -0.324 e. The van der Waals surface area contributed by atoms with E-state index in [1.165, 1.54) is 0 Å². The first kappa shape index (κ1) is 12.3. The fourth-order valence-corrected chi connectivity index (χ4v) is 1.56. The van der Waals surface area contributed by atoms with Crippen LogP contribution >= 0.6 is 11.6 Å². The Morgan fingerprint density at radius 3 is 2.40 bits per heavy atom. The molecule has 0 saturated carbocycles. The van der Waals surface area contributed by atoms with Crippen LogP contribution in [-0.2, 0) is 0 Å². The molecule has 82 valence electrons. The maximum atomic E-state index is 5.94. The number of rotatable bonds is 4. The Kier molecular flexibility index (Phi) is 4.86. The summed E-state index contributed by atoms with van der Waals surface area (Å²) in [5.41, 5.74) is 7.08. The summed E-state index contributed by atoms with van der Waals surface area (Å²) in [6, 6.07) is 7.88. The van der Waals surface area contributed by atoms with Crippen molar-refractivity contribution in [3.63, 3.8) is 0 Å². The lowest BCUT2D eigenvalue weighted by Gasteiger charge is -2.08. The lowest BCUT2D eigenvalue weighted by molar-refractivity contribution is 0.547. The Balaban J connectivity index is 2.53. The Morgan fingerprint density at radius 1 is 1.27 bits per heavy atom. The summed E-state index contributed by atoms with van der Waals surface area (Å²) in [5, 5.41) is 0.763. The van der Waals surface area contributed by atoms with Gasteiger partial charge in [0.15, 0.2) is 0 Å². The average molecular weight is 224 g/mol. The Labute approximate surface area is 96.9 Å². The monoisotopic (exact) mass is 223 g/mol. The smallest absolute Gasteiger partial charge is 0.0406 e. The van der Waals surface area contributed by atoms with Crippen molar-refractivity contribution in [2.24, 2.45) is 11.7 Å². The molecule has 0 radical (unpaired) electrons. The summed E-state index contributed by atoms with van der Waals surface area (Å²) in [4.78, 5) is 0. The van der Waals surface area contributed by atoms with Crippen LogP contribution in [0.15, 0.2) is 30.3 Å². The van der Waals surface area contributed by atoms with Crippen molar-refractivity contribution in [3.8, 4) is 0 Å². The molecule has 2 N–H and O–H groups in total. The maximum absolute atomic E-state index is 5.94. The summed E-state index contributed by atoms with van der Waals surface area (Å²) >= 11 is 5.79. The molecule has 0 fully saturated rings. The van der Waals surface area contributed by atoms with Gasteiger partial charge in [0, 0.05) is 11.1 Å². The van der Waals surface area contributed by atoms with Crippen molar-refractivity contribution in [1.82, 2.24) is 0 Å². The van der Waals surface area contributed by atoms with E-state index in [1.54, 1.807) is 0 Å². The van der Waals surface area contributed by atoms with Gasteiger partial charge in [-0.15, -0.1) is 0 Å². The highest BCUT2D eigenvalue weighted by Gasteiger charge is 2.00. The first-order chi connectivity index (χ1) is 7.08. The van der Waals surface area contributed by atoms with Gasteiger partial charge in [0.2, 0.25) is 0 Å². The van der Waals surface area contributed by atoms with E-state index in [-0.39, 0.29) is 6.04 Å². The van der Waals surface area contributed by atoms with E-state index in [2.05, 4.69) is 13.8 Å². The lowest BCUT2D eigenvalue weighted by atomic mass is 10.0. The van der Waals surface area contributed by atoms with Crippen LogP contribution in [0.2, 0.25) is 5.02 Å². The highest BCUT2D eigenvalue weighted by Crippen LogP contribution is 2.11. The quantitative estimate of drug-likeness (QED) is 0.827. The van der Waals surface area contributed by atoms with Gasteiger partial charge in [0.05, 0.1) is 0 Å². The van der Waals surface area contributed by atoms with E-state index in [4.69, 9.17) is 17.3 Å². The van der Waals surface area contributed by atoms with Crippen molar-refractivity contribution in [3.05, 3.63) is 40.9 Å². The predicted molar refractivity (Wildman–Crippen MR) is 67.9 cm³/mol. The summed E-state index contributed by atoms with van der Waals surface area (Å²) in [7, 11) is 0. The van der Waals surface area contributed by atoms with Crippen LogP contribution < -0.4 is 5.73 Å². The highest BCUT2D eigenvalue weighted by molar-refractivity contribution is 6.30. The standard InChI is InChI=1S/C13H18ClN/c1-10(2)9-13(15)8-5-11-3-6-12(14)7-4-11/h3-8,10,13H,9,15H2,1-2H3/t13-/m1/s1. The number of halogens is 1. The van der Waals surface area contributed by atoms with E-state index in [1.807, 2.05) is 36.4 Å². The summed E-state index contributed by atoms with van der Waals surface area (Å²) in [6.07, 6.45) is 5.11. The van der Waals surface area contributed by atoms with Gasteiger partial charge >= 0.3 is 0 Å². The number of hydrogen-bond acceptors (Lipinski definition) is 1. The third kappa shape index (κ3) is 5.01. The third-order valence-corrected chi connectivity index (χ3v) is 2.40. The molecule has 1 rings (SSSR count). The second kappa shape index (κ2) is 5.94. The molecule has 0 aliphatic heterocycles. The van der Waals surface area contributed by atoms with Crippen LogP contribution in [0.5, 0.6) is 0 Å². The zero-order chi connectivity index (χ0) is 11.3. The van der Waals surface area contributed by atoms with Crippen molar-refractivity contribution in [1.29, 1.82) is 0 Å². The molecule has 0 aliphatic carbocycles. The van der Waals surface area contributed by atoms with Gasteiger partial charge < -0.3 is 5.73 Å². The molecule has 1 atom stereocenters. The molecule has 0 aromatic heterocycles. The van der Waals surface area contributed by atoms with E-state index >= 15 is 0 Å². The minimum atomic E-state index is 0.140.